The van der Waals surface area contributed by atoms with Crippen LogP contribution < -0.4 is 16.4 Å². The molecule has 0 aliphatic carbocycles. The molecule has 2 aromatic rings. The maximum Gasteiger partial charge on any atom is 0.246 e. The van der Waals surface area contributed by atoms with E-state index < -0.39 is 17.8 Å². The van der Waals surface area contributed by atoms with Gasteiger partial charge in [-0.05, 0) is 37.3 Å². The molecule has 1 atom stereocenters. The first-order valence-electron chi connectivity index (χ1n) is 7.39. The summed E-state index contributed by atoms with van der Waals surface area (Å²) in [6, 6.07) is 10.4. The van der Waals surface area contributed by atoms with E-state index in [0.29, 0.717) is 11.4 Å². The zero-order chi connectivity index (χ0) is 18.4. The smallest absolute Gasteiger partial charge is 0.246 e. The summed E-state index contributed by atoms with van der Waals surface area (Å²) < 4.78 is 13.1. The average molecular weight is 382 g/mol. The van der Waals surface area contributed by atoms with Crippen molar-refractivity contribution in [2.24, 2.45) is 5.73 Å². The van der Waals surface area contributed by atoms with Gasteiger partial charge in [-0.1, -0.05) is 23.7 Å². The van der Waals surface area contributed by atoms with E-state index in [1.807, 2.05) is 18.2 Å². The van der Waals surface area contributed by atoms with Crippen molar-refractivity contribution < 1.29 is 14.0 Å². The monoisotopic (exact) mass is 381 g/mol. The molecule has 25 heavy (non-hydrogen) atoms. The minimum absolute atomic E-state index is 0.123. The predicted molar refractivity (Wildman–Crippen MR) is 99.5 cm³/mol. The second-order valence-corrected chi connectivity index (χ2v) is 6.65. The number of carbonyl (C=O) groups is 2. The van der Waals surface area contributed by atoms with Crippen molar-refractivity contribution >= 4 is 46.6 Å². The molecule has 0 saturated heterocycles. The fourth-order valence-corrected chi connectivity index (χ4v) is 2.96. The molecule has 0 unspecified atom stereocenters. The number of thioether (sulfide) groups is 1. The van der Waals surface area contributed by atoms with Gasteiger partial charge in [0.15, 0.2) is 0 Å². The largest absolute Gasteiger partial charge is 0.373 e. The number of para-hydroxylation sites is 1. The number of halogens is 2. The molecule has 8 heteroatoms. The Bertz CT molecular complexity index is 788. The molecule has 0 saturated carbocycles. The van der Waals surface area contributed by atoms with E-state index in [1.165, 1.54) is 23.9 Å². The number of nitrogens with one attached hydrogen (secondary N) is 2. The summed E-state index contributed by atoms with van der Waals surface area (Å²) in [5.74, 6) is -1.08. The van der Waals surface area contributed by atoms with Gasteiger partial charge in [0.2, 0.25) is 11.8 Å². The minimum Gasteiger partial charge on any atom is -0.373 e. The predicted octanol–water partition coefficient (Wildman–Crippen LogP) is 3.50. The highest BCUT2D eigenvalue weighted by molar-refractivity contribution is 8.00. The Balaban J connectivity index is 2.04. The summed E-state index contributed by atoms with van der Waals surface area (Å²) in [6.45, 7) is 1.68. The van der Waals surface area contributed by atoms with Crippen LogP contribution in [0, 0.1) is 5.82 Å². The summed E-state index contributed by atoms with van der Waals surface area (Å²) in [7, 11) is 0. The lowest BCUT2D eigenvalue weighted by molar-refractivity contribution is -0.117. The van der Waals surface area contributed by atoms with Gasteiger partial charge in [0.05, 0.1) is 16.5 Å². The van der Waals surface area contributed by atoms with E-state index >= 15 is 0 Å². The molecule has 0 aliphatic heterocycles. The summed E-state index contributed by atoms with van der Waals surface area (Å²) in [5, 5.41) is 5.85. The van der Waals surface area contributed by atoms with Crippen molar-refractivity contribution in [2.45, 2.75) is 17.9 Å². The third-order valence-electron chi connectivity index (χ3n) is 3.21. The van der Waals surface area contributed by atoms with Gasteiger partial charge in [-0.3, -0.25) is 9.59 Å². The van der Waals surface area contributed by atoms with Crippen LogP contribution in [0.25, 0.3) is 0 Å². The van der Waals surface area contributed by atoms with Crippen LogP contribution in [0.5, 0.6) is 0 Å². The van der Waals surface area contributed by atoms with E-state index in [0.717, 1.165) is 11.0 Å². The zero-order valence-corrected chi connectivity index (χ0v) is 15.0. The molecule has 0 bridgehead atoms. The van der Waals surface area contributed by atoms with Gasteiger partial charge in [0, 0.05) is 10.6 Å². The number of anilines is 2. The molecule has 0 radical (unpaired) electrons. The van der Waals surface area contributed by atoms with Crippen molar-refractivity contribution in [1.29, 1.82) is 0 Å². The zero-order valence-electron chi connectivity index (χ0n) is 13.4. The highest BCUT2D eigenvalue weighted by atomic mass is 35.5. The van der Waals surface area contributed by atoms with Crippen LogP contribution in [-0.4, -0.2) is 23.6 Å². The van der Waals surface area contributed by atoms with E-state index in [9.17, 15) is 14.0 Å². The second kappa shape index (κ2) is 8.73. The van der Waals surface area contributed by atoms with Crippen LogP contribution in [0.15, 0.2) is 47.4 Å². The molecule has 0 heterocycles. The molecular weight excluding hydrogens is 365 g/mol. The lowest BCUT2D eigenvalue weighted by Gasteiger charge is -2.18. The van der Waals surface area contributed by atoms with Gasteiger partial charge in [0.25, 0.3) is 0 Å². The lowest BCUT2D eigenvalue weighted by Crippen LogP contribution is -2.32. The van der Waals surface area contributed by atoms with Crippen LogP contribution in [-0.2, 0) is 9.59 Å². The first-order chi connectivity index (χ1) is 11.9. The number of primary amides is 1. The molecule has 0 aliphatic rings. The van der Waals surface area contributed by atoms with Crippen molar-refractivity contribution in [1.82, 2.24) is 0 Å². The standard InChI is InChI=1S/C17H17ClFN3O2S/c1-10(17(24)22-13-7-6-11(19)8-12(13)18)21-14-4-2-3-5-15(14)25-9-16(20)23/h2-8,10,21H,9H2,1H3,(H2,20,23)(H,22,24)/t10-/m1/s1. The maximum atomic E-state index is 13.1. The summed E-state index contributed by atoms with van der Waals surface area (Å²) in [6.07, 6.45) is 0. The molecular formula is C17H17ClFN3O2S. The number of amides is 2. The van der Waals surface area contributed by atoms with Gasteiger partial charge in [-0.15, -0.1) is 11.8 Å². The van der Waals surface area contributed by atoms with Gasteiger partial charge in [0.1, 0.15) is 11.9 Å². The Hall–Kier alpha value is -2.25. The topological polar surface area (TPSA) is 84.2 Å². The van der Waals surface area contributed by atoms with Crippen molar-refractivity contribution in [3.05, 3.63) is 53.3 Å². The number of hydrogen-bond donors (Lipinski definition) is 3. The maximum absolute atomic E-state index is 13.1. The third-order valence-corrected chi connectivity index (χ3v) is 4.62. The van der Waals surface area contributed by atoms with Crippen LogP contribution >= 0.6 is 23.4 Å². The lowest BCUT2D eigenvalue weighted by atomic mass is 10.2. The van der Waals surface area contributed by atoms with E-state index in [4.69, 9.17) is 17.3 Å². The average Bonchev–Trinajstić information content (AvgIpc) is 2.56. The number of carbonyl (C=O) groups excluding carboxylic acids is 2. The van der Waals surface area contributed by atoms with E-state index in [2.05, 4.69) is 10.6 Å². The highest BCUT2D eigenvalue weighted by Crippen LogP contribution is 2.28. The van der Waals surface area contributed by atoms with Gasteiger partial charge in [-0.25, -0.2) is 4.39 Å². The first-order valence-corrected chi connectivity index (χ1v) is 8.75. The second-order valence-electron chi connectivity index (χ2n) is 5.23. The Morgan fingerprint density at radius 1 is 1.24 bits per heavy atom. The Labute approximate surface area is 154 Å². The summed E-state index contributed by atoms with van der Waals surface area (Å²) in [5.41, 5.74) is 6.21. The molecule has 5 nitrogen and oxygen atoms in total. The molecule has 0 aromatic heterocycles. The molecule has 0 fully saturated rings. The van der Waals surface area contributed by atoms with Crippen LogP contribution in [0.3, 0.4) is 0 Å². The van der Waals surface area contributed by atoms with Crippen molar-refractivity contribution in [2.75, 3.05) is 16.4 Å². The molecule has 2 amide bonds. The molecule has 2 rings (SSSR count). The summed E-state index contributed by atoms with van der Waals surface area (Å²) in [4.78, 5) is 24.1. The Kier molecular flexibility index (Phi) is 6.66. The fourth-order valence-electron chi connectivity index (χ4n) is 1.99. The number of benzene rings is 2. The number of nitrogens with two attached hydrogens (primary N) is 1. The SMILES string of the molecule is C[C@@H](Nc1ccccc1SCC(N)=O)C(=O)Nc1ccc(F)cc1Cl. The third kappa shape index (κ3) is 5.65. The minimum atomic E-state index is -0.587. The van der Waals surface area contributed by atoms with Crippen LogP contribution in [0.4, 0.5) is 15.8 Å². The molecule has 4 N–H and O–H groups in total. The van der Waals surface area contributed by atoms with Crippen molar-refractivity contribution in [3.8, 4) is 0 Å². The number of hydrogen-bond acceptors (Lipinski definition) is 4. The Morgan fingerprint density at radius 3 is 2.64 bits per heavy atom. The molecule has 0 spiro atoms. The van der Waals surface area contributed by atoms with Crippen LogP contribution in [0.2, 0.25) is 5.02 Å². The Morgan fingerprint density at radius 2 is 1.96 bits per heavy atom. The first kappa shape index (κ1) is 19.1. The quantitative estimate of drug-likeness (QED) is 0.641. The van der Waals surface area contributed by atoms with Crippen molar-refractivity contribution in [3.63, 3.8) is 0 Å². The van der Waals surface area contributed by atoms with Gasteiger partial charge in [-0.2, -0.15) is 0 Å². The molecule has 2 aromatic carbocycles. The van der Waals surface area contributed by atoms with Gasteiger partial charge >= 0.3 is 0 Å². The van der Waals surface area contributed by atoms with Gasteiger partial charge < -0.3 is 16.4 Å². The normalized spacial score (nSPS) is 11.6. The number of rotatable bonds is 7. The summed E-state index contributed by atoms with van der Waals surface area (Å²) >= 11 is 7.20. The highest BCUT2D eigenvalue weighted by Gasteiger charge is 2.16. The van der Waals surface area contributed by atoms with E-state index in [1.54, 1.807) is 13.0 Å². The molecule has 132 valence electrons. The van der Waals surface area contributed by atoms with E-state index in [-0.39, 0.29) is 16.7 Å². The van der Waals surface area contributed by atoms with Crippen LogP contribution in [0.1, 0.15) is 6.92 Å². The fraction of sp³-hybridized carbons (Fsp3) is 0.176.